The van der Waals surface area contributed by atoms with Gasteiger partial charge in [-0.25, -0.2) is 0 Å². The van der Waals surface area contributed by atoms with Crippen LogP contribution in [0.5, 0.6) is 0 Å². The predicted molar refractivity (Wildman–Crippen MR) is 243 cm³/mol. The molecule has 3 unspecified atom stereocenters. The normalized spacial score (nSPS) is 14.2. The molecule has 0 saturated heterocycles. The molecule has 57 heavy (non-hydrogen) atoms. The van der Waals surface area contributed by atoms with Crippen molar-refractivity contribution >= 4 is 13.7 Å². The van der Waals surface area contributed by atoms with Gasteiger partial charge in [0.1, 0.15) is 13.2 Å². The van der Waals surface area contributed by atoms with Crippen molar-refractivity contribution in [3.8, 4) is 0 Å². The number of hydrogen-bond acceptors (Lipinski definition) is 6. The SMILES string of the molecule is CCCCCCCCCCCCCCCCCCCCCCCCCCCC(O)C(COP(=O)([O-])OCC[N+](C)(C)C)NC(=O)CCCCCCCCCCCC. The highest BCUT2D eigenvalue weighted by Crippen LogP contribution is 2.38. The van der Waals surface area contributed by atoms with Gasteiger partial charge in [-0.1, -0.05) is 232 Å². The van der Waals surface area contributed by atoms with E-state index in [9.17, 15) is 19.4 Å². The molecule has 9 heteroatoms. The van der Waals surface area contributed by atoms with E-state index in [2.05, 4.69) is 19.2 Å². The topological polar surface area (TPSA) is 108 Å². The average Bonchev–Trinajstić information content (AvgIpc) is 3.16. The van der Waals surface area contributed by atoms with Gasteiger partial charge in [0.2, 0.25) is 5.91 Å². The molecule has 8 nitrogen and oxygen atoms in total. The van der Waals surface area contributed by atoms with E-state index in [0.29, 0.717) is 23.9 Å². The number of aliphatic hydroxyl groups excluding tert-OH is 1. The van der Waals surface area contributed by atoms with Crippen molar-refractivity contribution in [1.29, 1.82) is 0 Å². The van der Waals surface area contributed by atoms with Gasteiger partial charge in [-0.3, -0.25) is 9.36 Å². The summed E-state index contributed by atoms with van der Waals surface area (Å²) in [4.78, 5) is 25.3. The maximum absolute atomic E-state index is 12.8. The first kappa shape index (κ1) is 56.5. The predicted octanol–water partition coefficient (Wildman–Crippen LogP) is 13.5. The fourth-order valence-corrected chi connectivity index (χ4v) is 8.35. The summed E-state index contributed by atoms with van der Waals surface area (Å²) >= 11 is 0. The van der Waals surface area contributed by atoms with E-state index >= 15 is 0 Å². The molecular formula is C48H99N2O6P. The van der Waals surface area contributed by atoms with Crippen LogP contribution < -0.4 is 10.2 Å². The number of unbranched alkanes of at least 4 members (excludes halogenated alkanes) is 33. The van der Waals surface area contributed by atoms with Gasteiger partial charge in [-0.05, 0) is 12.8 Å². The van der Waals surface area contributed by atoms with E-state index in [0.717, 1.165) is 38.5 Å². The van der Waals surface area contributed by atoms with Crippen LogP contribution in [0.2, 0.25) is 0 Å². The van der Waals surface area contributed by atoms with Crippen molar-refractivity contribution in [1.82, 2.24) is 5.32 Å². The summed E-state index contributed by atoms with van der Waals surface area (Å²) in [7, 11) is 1.32. The van der Waals surface area contributed by atoms with Crippen LogP contribution in [0.3, 0.4) is 0 Å². The first-order valence-electron chi connectivity index (χ1n) is 24.9. The highest BCUT2D eigenvalue weighted by atomic mass is 31.2. The number of quaternary nitrogens is 1. The highest BCUT2D eigenvalue weighted by Gasteiger charge is 2.24. The van der Waals surface area contributed by atoms with Crippen molar-refractivity contribution in [3.05, 3.63) is 0 Å². The van der Waals surface area contributed by atoms with Gasteiger partial charge in [0, 0.05) is 6.42 Å². The molecule has 0 aromatic rings. The molecule has 1 amide bonds. The van der Waals surface area contributed by atoms with Crippen LogP contribution in [0.25, 0.3) is 0 Å². The molecule has 0 bridgehead atoms. The zero-order valence-corrected chi connectivity index (χ0v) is 39.7. The molecule has 342 valence electrons. The Morgan fingerprint density at radius 3 is 1.19 bits per heavy atom. The second-order valence-electron chi connectivity index (χ2n) is 18.5. The summed E-state index contributed by atoms with van der Waals surface area (Å²) in [5.41, 5.74) is 0. The first-order chi connectivity index (χ1) is 27.5. The Hall–Kier alpha value is -0.500. The number of likely N-dealkylation sites (N-methyl/N-ethyl adjacent to an activating group) is 1. The lowest BCUT2D eigenvalue weighted by molar-refractivity contribution is -0.870. The van der Waals surface area contributed by atoms with Crippen LogP contribution in [-0.2, 0) is 18.4 Å². The molecule has 0 aromatic heterocycles. The maximum Gasteiger partial charge on any atom is 0.268 e. The minimum Gasteiger partial charge on any atom is -0.756 e. The third-order valence-electron chi connectivity index (χ3n) is 11.6. The number of phosphoric ester groups is 1. The zero-order valence-electron chi connectivity index (χ0n) is 38.8. The quantitative estimate of drug-likeness (QED) is 0.0359. The largest absolute Gasteiger partial charge is 0.756 e. The van der Waals surface area contributed by atoms with Crippen molar-refractivity contribution < 1.29 is 32.9 Å². The molecular weight excluding hydrogens is 732 g/mol. The van der Waals surface area contributed by atoms with Crippen LogP contribution in [0.15, 0.2) is 0 Å². The smallest absolute Gasteiger partial charge is 0.268 e. The van der Waals surface area contributed by atoms with Gasteiger partial charge in [0.05, 0.1) is 39.9 Å². The Kier molecular flexibility index (Phi) is 40.5. The number of hydrogen-bond donors (Lipinski definition) is 2. The Labute approximate surface area is 355 Å². The molecule has 0 fully saturated rings. The van der Waals surface area contributed by atoms with E-state index in [1.807, 2.05) is 21.1 Å². The van der Waals surface area contributed by atoms with E-state index < -0.39 is 20.0 Å². The second-order valence-corrected chi connectivity index (χ2v) is 19.9. The van der Waals surface area contributed by atoms with Crippen LogP contribution in [0.4, 0.5) is 0 Å². The Morgan fingerprint density at radius 2 is 0.860 bits per heavy atom. The van der Waals surface area contributed by atoms with Crippen molar-refractivity contribution in [2.75, 3.05) is 40.9 Å². The molecule has 0 aliphatic rings. The summed E-state index contributed by atoms with van der Waals surface area (Å²) in [5.74, 6) is -0.163. The lowest BCUT2D eigenvalue weighted by Gasteiger charge is -2.30. The zero-order chi connectivity index (χ0) is 42.1. The molecule has 0 saturated carbocycles. The van der Waals surface area contributed by atoms with E-state index in [1.54, 1.807) is 0 Å². The summed E-state index contributed by atoms with van der Waals surface area (Å²) in [5, 5.41) is 13.9. The van der Waals surface area contributed by atoms with E-state index in [-0.39, 0.29) is 19.1 Å². The number of amides is 1. The number of phosphoric acid groups is 1. The summed E-state index contributed by atoms with van der Waals surface area (Å²) in [6, 6.07) is -0.792. The molecule has 0 aliphatic carbocycles. The molecule has 2 N–H and O–H groups in total. The molecule has 0 aromatic carbocycles. The van der Waals surface area contributed by atoms with E-state index in [1.165, 1.54) is 186 Å². The molecule has 0 heterocycles. The molecule has 3 atom stereocenters. The average molecular weight is 831 g/mol. The van der Waals surface area contributed by atoms with Gasteiger partial charge in [0.15, 0.2) is 0 Å². The highest BCUT2D eigenvalue weighted by molar-refractivity contribution is 7.45. The number of carbonyl (C=O) groups excluding carboxylic acids is 1. The fraction of sp³-hybridized carbons (Fsp3) is 0.979. The molecule has 0 radical (unpaired) electrons. The number of carbonyl (C=O) groups is 1. The van der Waals surface area contributed by atoms with Gasteiger partial charge in [-0.2, -0.15) is 0 Å². The van der Waals surface area contributed by atoms with Crippen LogP contribution in [0, 0.1) is 0 Å². The molecule has 0 spiro atoms. The number of nitrogens with one attached hydrogen (secondary N) is 1. The Balaban J connectivity index is 4.09. The third kappa shape index (κ3) is 43.4. The van der Waals surface area contributed by atoms with Gasteiger partial charge < -0.3 is 28.8 Å². The number of nitrogens with zero attached hydrogens (tertiary/aromatic N) is 1. The lowest BCUT2D eigenvalue weighted by Crippen LogP contribution is -2.46. The van der Waals surface area contributed by atoms with Crippen molar-refractivity contribution in [2.24, 2.45) is 0 Å². The number of rotatable bonds is 46. The van der Waals surface area contributed by atoms with Gasteiger partial charge in [-0.15, -0.1) is 0 Å². The summed E-state index contributed by atoms with van der Waals surface area (Å²) in [6.45, 7) is 4.73. The van der Waals surface area contributed by atoms with Crippen LogP contribution in [0.1, 0.15) is 251 Å². The Bertz CT molecular complexity index is 901. The maximum atomic E-state index is 12.8. The molecule has 0 aliphatic heterocycles. The third-order valence-corrected chi connectivity index (χ3v) is 12.6. The van der Waals surface area contributed by atoms with Gasteiger partial charge in [0.25, 0.3) is 7.82 Å². The van der Waals surface area contributed by atoms with Crippen molar-refractivity contribution in [2.45, 2.75) is 264 Å². The first-order valence-corrected chi connectivity index (χ1v) is 26.3. The summed E-state index contributed by atoms with van der Waals surface area (Å²) in [6.07, 6.45) is 45.6. The molecule has 0 rings (SSSR count). The minimum atomic E-state index is -4.56. The van der Waals surface area contributed by atoms with Gasteiger partial charge >= 0.3 is 0 Å². The van der Waals surface area contributed by atoms with Crippen LogP contribution in [-0.4, -0.2) is 68.5 Å². The van der Waals surface area contributed by atoms with Crippen molar-refractivity contribution in [3.63, 3.8) is 0 Å². The standard InChI is InChI=1S/C48H99N2O6P/c1-6-8-10-12-14-16-18-19-20-21-22-23-24-25-26-27-28-29-30-31-32-33-35-37-39-41-47(51)46(45-56-57(53,54)55-44-43-50(3,4)5)49-48(52)42-40-38-36-34-17-15-13-11-9-7-2/h46-47,51H,6-45H2,1-5H3,(H-,49,52,53,54). The number of aliphatic hydroxyl groups is 1. The second kappa shape index (κ2) is 40.9. The monoisotopic (exact) mass is 831 g/mol. The lowest BCUT2D eigenvalue weighted by atomic mass is 10.0. The summed E-state index contributed by atoms with van der Waals surface area (Å²) < 4.78 is 23.3. The van der Waals surface area contributed by atoms with Crippen LogP contribution >= 0.6 is 7.82 Å². The Morgan fingerprint density at radius 1 is 0.544 bits per heavy atom. The fourth-order valence-electron chi connectivity index (χ4n) is 7.63. The van der Waals surface area contributed by atoms with E-state index in [4.69, 9.17) is 9.05 Å². The minimum absolute atomic E-state index is 0.0160.